The quantitative estimate of drug-likeness (QED) is 0.366. The Balaban J connectivity index is 1.98. The van der Waals surface area contributed by atoms with Gasteiger partial charge in [0.1, 0.15) is 35.8 Å². The van der Waals surface area contributed by atoms with Crippen LogP contribution in [0.4, 0.5) is 0 Å². The zero-order chi connectivity index (χ0) is 16.5. The van der Waals surface area contributed by atoms with Crippen molar-refractivity contribution in [2.24, 2.45) is 5.73 Å². The van der Waals surface area contributed by atoms with Crippen molar-refractivity contribution in [3.63, 3.8) is 0 Å². The van der Waals surface area contributed by atoms with Crippen LogP contribution < -0.4 is 15.2 Å². The summed E-state index contributed by atoms with van der Waals surface area (Å²) >= 11 is 4.85. The molecule has 23 heavy (non-hydrogen) atoms. The van der Waals surface area contributed by atoms with Gasteiger partial charge in [-0.3, -0.25) is 0 Å². The van der Waals surface area contributed by atoms with Gasteiger partial charge >= 0.3 is 0 Å². The van der Waals surface area contributed by atoms with Crippen LogP contribution in [0.5, 0.6) is 11.5 Å². The molecule has 2 aromatic carbocycles. The molecular weight excluding hydrogens is 308 g/mol. The van der Waals surface area contributed by atoms with Gasteiger partial charge in [-0.2, -0.15) is 5.26 Å². The first-order valence-corrected chi connectivity index (χ1v) is 7.43. The molecule has 0 aliphatic carbocycles. The molecule has 5 heteroatoms. The van der Waals surface area contributed by atoms with Crippen LogP contribution in [0.3, 0.4) is 0 Å². The minimum Gasteiger partial charge on any atom is -0.490 e. The predicted octanol–water partition coefficient (Wildman–Crippen LogP) is 3.34. The highest BCUT2D eigenvalue weighted by atomic mass is 32.1. The number of thiocarbonyl (C=S) groups is 1. The maximum atomic E-state index is 9.04. The topological polar surface area (TPSA) is 68.3 Å². The van der Waals surface area contributed by atoms with Gasteiger partial charge in [0.15, 0.2) is 0 Å². The summed E-state index contributed by atoms with van der Waals surface area (Å²) in [6.07, 6.45) is 1.62. The molecule has 0 fully saturated rings. The van der Waals surface area contributed by atoms with Gasteiger partial charge in [0, 0.05) is 5.56 Å². The number of nitrogens with zero attached hydrogens (tertiary/aromatic N) is 1. The molecule has 0 bridgehead atoms. The first-order valence-electron chi connectivity index (χ1n) is 7.02. The lowest BCUT2D eigenvalue weighted by molar-refractivity contribution is 0.217. The van der Waals surface area contributed by atoms with Crippen LogP contribution in [0.2, 0.25) is 0 Å². The van der Waals surface area contributed by atoms with Gasteiger partial charge in [-0.1, -0.05) is 48.6 Å². The Morgan fingerprint density at radius 3 is 2.39 bits per heavy atom. The van der Waals surface area contributed by atoms with Crippen molar-refractivity contribution < 1.29 is 9.47 Å². The van der Waals surface area contributed by atoms with Crippen molar-refractivity contribution in [2.75, 3.05) is 13.2 Å². The molecule has 0 radical (unpaired) electrons. The van der Waals surface area contributed by atoms with E-state index < -0.39 is 0 Å². The van der Waals surface area contributed by atoms with Crippen LogP contribution in [-0.2, 0) is 0 Å². The molecule has 4 nitrogen and oxygen atoms in total. The molecule has 0 atom stereocenters. The third kappa shape index (κ3) is 5.13. The number of nitrogens with two attached hydrogens (primary N) is 1. The molecule has 116 valence electrons. The van der Waals surface area contributed by atoms with E-state index >= 15 is 0 Å². The summed E-state index contributed by atoms with van der Waals surface area (Å²) in [6.45, 7) is 0.803. The van der Waals surface area contributed by atoms with Gasteiger partial charge in [0.25, 0.3) is 0 Å². The van der Waals surface area contributed by atoms with Crippen LogP contribution >= 0.6 is 12.2 Å². The van der Waals surface area contributed by atoms with Gasteiger partial charge in [0.2, 0.25) is 0 Å². The number of nitriles is 1. The van der Waals surface area contributed by atoms with E-state index in [0.717, 1.165) is 11.3 Å². The molecule has 2 rings (SSSR count). The summed E-state index contributed by atoms with van der Waals surface area (Å²) in [5, 5.41) is 9.04. The largest absolute Gasteiger partial charge is 0.490 e. The molecule has 0 heterocycles. The van der Waals surface area contributed by atoms with Crippen molar-refractivity contribution in [2.45, 2.75) is 0 Å². The number of hydrogen-bond acceptors (Lipinski definition) is 4. The predicted molar refractivity (Wildman–Crippen MR) is 94.2 cm³/mol. The Morgan fingerprint density at radius 1 is 1.04 bits per heavy atom. The van der Waals surface area contributed by atoms with Crippen LogP contribution in [0, 0.1) is 11.3 Å². The van der Waals surface area contributed by atoms with Gasteiger partial charge in [-0.15, -0.1) is 0 Å². The fraction of sp³-hybridized carbons (Fsp3) is 0.111. The maximum absolute atomic E-state index is 9.04. The number of ether oxygens (including phenoxy) is 2. The standard InChI is InChI=1S/C18H16N2O2S/c19-13-15(18(20)23)12-14-6-4-5-9-17(14)22-11-10-21-16-7-2-1-3-8-16/h1-9,12H,10-11H2,(H2,20,23)/b15-12+. The Hall–Kier alpha value is -2.84. The van der Waals surface area contributed by atoms with E-state index in [-0.39, 0.29) is 10.6 Å². The highest BCUT2D eigenvalue weighted by molar-refractivity contribution is 7.80. The monoisotopic (exact) mass is 324 g/mol. The van der Waals surface area contributed by atoms with Gasteiger partial charge in [-0.25, -0.2) is 0 Å². The summed E-state index contributed by atoms with van der Waals surface area (Å²) in [7, 11) is 0. The lowest BCUT2D eigenvalue weighted by Gasteiger charge is -2.10. The third-order valence-corrected chi connectivity index (χ3v) is 3.18. The zero-order valence-electron chi connectivity index (χ0n) is 12.4. The van der Waals surface area contributed by atoms with E-state index in [1.54, 1.807) is 6.08 Å². The molecule has 0 unspecified atom stereocenters. The second kappa shape index (κ2) is 8.57. The third-order valence-electron chi connectivity index (χ3n) is 2.96. The number of hydrogen-bond donors (Lipinski definition) is 1. The Bertz CT molecular complexity index is 736. The summed E-state index contributed by atoms with van der Waals surface area (Å²) in [5.74, 6) is 1.44. The Kier molecular flexibility index (Phi) is 6.16. The molecule has 2 N–H and O–H groups in total. The van der Waals surface area contributed by atoms with Crippen molar-refractivity contribution in [1.82, 2.24) is 0 Å². The second-order valence-electron chi connectivity index (χ2n) is 4.58. The lowest BCUT2D eigenvalue weighted by Crippen LogP contribution is -2.11. The number of para-hydroxylation sites is 2. The first-order chi connectivity index (χ1) is 11.2. The molecule has 0 amide bonds. The molecule has 0 spiro atoms. The number of benzene rings is 2. The van der Waals surface area contributed by atoms with Gasteiger partial charge < -0.3 is 15.2 Å². The normalized spacial score (nSPS) is 10.7. The van der Waals surface area contributed by atoms with Gasteiger partial charge in [-0.05, 0) is 24.3 Å². The molecule has 0 aliphatic heterocycles. The molecule has 2 aromatic rings. The van der Waals surface area contributed by atoms with E-state index in [2.05, 4.69) is 0 Å². The van der Waals surface area contributed by atoms with Crippen LogP contribution in [0.15, 0.2) is 60.2 Å². The summed E-state index contributed by atoms with van der Waals surface area (Å²) in [4.78, 5) is 0.0645. The molecular formula is C18H16N2O2S. The van der Waals surface area contributed by atoms with E-state index in [1.165, 1.54) is 0 Å². The van der Waals surface area contributed by atoms with E-state index in [9.17, 15) is 0 Å². The molecule has 0 aliphatic rings. The average molecular weight is 324 g/mol. The van der Waals surface area contributed by atoms with Gasteiger partial charge in [0.05, 0.1) is 5.57 Å². The summed E-state index contributed by atoms with van der Waals surface area (Å²) < 4.78 is 11.3. The zero-order valence-corrected chi connectivity index (χ0v) is 13.3. The van der Waals surface area contributed by atoms with E-state index in [1.807, 2.05) is 60.7 Å². The van der Waals surface area contributed by atoms with Crippen LogP contribution in [0.25, 0.3) is 6.08 Å². The van der Waals surface area contributed by atoms with Crippen LogP contribution in [-0.4, -0.2) is 18.2 Å². The van der Waals surface area contributed by atoms with Crippen molar-refractivity contribution in [3.8, 4) is 17.6 Å². The highest BCUT2D eigenvalue weighted by Gasteiger charge is 2.05. The fourth-order valence-corrected chi connectivity index (χ4v) is 1.98. The van der Waals surface area contributed by atoms with Crippen LogP contribution in [0.1, 0.15) is 5.56 Å². The summed E-state index contributed by atoms with van der Waals surface area (Å²) in [6, 6.07) is 18.9. The van der Waals surface area contributed by atoms with E-state index in [0.29, 0.717) is 19.0 Å². The fourth-order valence-electron chi connectivity index (χ4n) is 1.87. The smallest absolute Gasteiger partial charge is 0.126 e. The second-order valence-corrected chi connectivity index (χ2v) is 5.02. The number of rotatable bonds is 7. The lowest BCUT2D eigenvalue weighted by atomic mass is 10.1. The highest BCUT2D eigenvalue weighted by Crippen LogP contribution is 2.21. The molecule has 0 saturated heterocycles. The Labute approximate surface area is 140 Å². The summed E-state index contributed by atoms with van der Waals surface area (Å²) in [5.41, 5.74) is 6.50. The average Bonchev–Trinajstić information content (AvgIpc) is 2.58. The molecule has 0 saturated carbocycles. The Morgan fingerprint density at radius 2 is 1.70 bits per heavy atom. The van der Waals surface area contributed by atoms with Crippen molar-refractivity contribution >= 4 is 23.3 Å². The maximum Gasteiger partial charge on any atom is 0.126 e. The van der Waals surface area contributed by atoms with Crippen molar-refractivity contribution in [1.29, 1.82) is 5.26 Å². The minimum atomic E-state index is 0.0645. The SMILES string of the molecule is N#C/C(=C\c1ccccc1OCCOc1ccccc1)C(N)=S. The molecule has 0 aromatic heterocycles. The minimum absolute atomic E-state index is 0.0645. The van der Waals surface area contributed by atoms with Crippen molar-refractivity contribution in [3.05, 3.63) is 65.7 Å². The van der Waals surface area contributed by atoms with E-state index in [4.69, 9.17) is 32.7 Å². The first kappa shape index (κ1) is 16.5.